The fourth-order valence-electron chi connectivity index (χ4n) is 1.57. The number of oxazole rings is 1. The molecule has 18 heavy (non-hydrogen) atoms. The van der Waals surface area contributed by atoms with Crippen LogP contribution in [0.4, 0.5) is 0 Å². The van der Waals surface area contributed by atoms with Crippen molar-refractivity contribution >= 4 is 21.8 Å². The summed E-state index contributed by atoms with van der Waals surface area (Å²) < 4.78 is 5.89. The van der Waals surface area contributed by atoms with Gasteiger partial charge in [0.2, 0.25) is 0 Å². The summed E-state index contributed by atoms with van der Waals surface area (Å²) in [7, 11) is 0. The molecule has 0 atom stereocenters. The Balaban J connectivity index is 1.87. The van der Waals surface area contributed by atoms with E-state index in [0.717, 1.165) is 10.2 Å². The summed E-state index contributed by atoms with van der Waals surface area (Å²) in [6, 6.07) is 7.33. The van der Waals surface area contributed by atoms with Gasteiger partial charge in [0.25, 0.3) is 5.91 Å². The van der Waals surface area contributed by atoms with Crippen LogP contribution in [0, 0.1) is 6.92 Å². The molecule has 5 heteroatoms. The highest BCUT2D eigenvalue weighted by Crippen LogP contribution is 2.15. The molecule has 0 saturated carbocycles. The third kappa shape index (κ3) is 3.20. The molecule has 0 aliphatic heterocycles. The van der Waals surface area contributed by atoms with Gasteiger partial charge in [0.05, 0.1) is 11.3 Å². The number of carbonyl (C=O) groups excluding carboxylic acids is 1. The molecule has 0 bridgehead atoms. The van der Waals surface area contributed by atoms with Crippen molar-refractivity contribution in [2.45, 2.75) is 13.3 Å². The van der Waals surface area contributed by atoms with Gasteiger partial charge in [-0.15, -0.1) is 0 Å². The topological polar surface area (TPSA) is 55.1 Å². The van der Waals surface area contributed by atoms with Gasteiger partial charge in [-0.1, -0.05) is 12.1 Å². The van der Waals surface area contributed by atoms with Gasteiger partial charge in [-0.3, -0.25) is 4.79 Å². The lowest BCUT2D eigenvalue weighted by Gasteiger charge is -2.05. The summed E-state index contributed by atoms with van der Waals surface area (Å²) in [5.74, 6) is 0.546. The number of amides is 1. The first-order valence-electron chi connectivity index (χ1n) is 5.60. The maximum Gasteiger partial charge on any atom is 0.252 e. The monoisotopic (exact) mass is 308 g/mol. The minimum absolute atomic E-state index is 0.0947. The third-order valence-electron chi connectivity index (χ3n) is 2.45. The molecule has 1 heterocycles. The first-order chi connectivity index (χ1) is 8.66. The van der Waals surface area contributed by atoms with Crippen LogP contribution in [0.1, 0.15) is 21.9 Å². The summed E-state index contributed by atoms with van der Waals surface area (Å²) >= 11 is 3.35. The summed E-state index contributed by atoms with van der Waals surface area (Å²) in [5, 5.41) is 2.85. The van der Waals surface area contributed by atoms with Crippen molar-refractivity contribution in [1.29, 1.82) is 0 Å². The number of hydrogen-bond donors (Lipinski definition) is 1. The minimum atomic E-state index is -0.0947. The summed E-state index contributed by atoms with van der Waals surface area (Å²) in [6.07, 6.45) is 2.27. The van der Waals surface area contributed by atoms with Crippen LogP contribution in [0.2, 0.25) is 0 Å². The minimum Gasteiger partial charge on any atom is -0.449 e. The van der Waals surface area contributed by atoms with Crippen molar-refractivity contribution in [2.75, 3.05) is 6.54 Å². The molecule has 0 spiro atoms. The molecule has 1 aromatic carbocycles. The molecule has 0 fully saturated rings. The number of carbonyl (C=O) groups is 1. The van der Waals surface area contributed by atoms with E-state index in [1.54, 1.807) is 19.3 Å². The predicted octanol–water partition coefficient (Wildman–Crippen LogP) is 2.72. The average Bonchev–Trinajstić information content (AvgIpc) is 2.75. The maximum atomic E-state index is 11.9. The molecule has 0 saturated heterocycles. The van der Waals surface area contributed by atoms with E-state index in [9.17, 15) is 4.79 Å². The van der Waals surface area contributed by atoms with Gasteiger partial charge in [0.15, 0.2) is 5.89 Å². The van der Waals surface area contributed by atoms with Gasteiger partial charge < -0.3 is 9.73 Å². The lowest BCUT2D eigenvalue weighted by atomic mass is 10.2. The summed E-state index contributed by atoms with van der Waals surface area (Å²) in [5.41, 5.74) is 1.48. The molecule has 94 valence electrons. The van der Waals surface area contributed by atoms with Gasteiger partial charge in [-0.05, 0) is 28.1 Å². The zero-order valence-corrected chi connectivity index (χ0v) is 11.5. The Morgan fingerprint density at radius 2 is 2.22 bits per heavy atom. The van der Waals surface area contributed by atoms with Crippen molar-refractivity contribution in [3.63, 3.8) is 0 Å². The Bertz CT molecular complexity index is 551. The predicted molar refractivity (Wildman–Crippen MR) is 71.4 cm³/mol. The quantitative estimate of drug-likeness (QED) is 0.945. The number of rotatable bonds is 4. The van der Waals surface area contributed by atoms with Crippen molar-refractivity contribution < 1.29 is 9.21 Å². The lowest BCUT2D eigenvalue weighted by Crippen LogP contribution is -2.26. The molecule has 1 amide bonds. The van der Waals surface area contributed by atoms with Gasteiger partial charge in [-0.2, -0.15) is 0 Å². The molecule has 0 unspecified atom stereocenters. The molecule has 0 aliphatic rings. The molecule has 1 aromatic heterocycles. The van der Waals surface area contributed by atoms with Crippen LogP contribution >= 0.6 is 15.9 Å². The fraction of sp³-hybridized carbons (Fsp3) is 0.231. The van der Waals surface area contributed by atoms with Crippen LogP contribution in [0.15, 0.2) is 39.4 Å². The van der Waals surface area contributed by atoms with Crippen LogP contribution in [0.5, 0.6) is 0 Å². The van der Waals surface area contributed by atoms with E-state index in [0.29, 0.717) is 24.4 Å². The molecular formula is C13H13BrN2O2. The van der Waals surface area contributed by atoms with Crippen molar-refractivity contribution in [3.8, 4) is 0 Å². The highest BCUT2D eigenvalue weighted by molar-refractivity contribution is 9.10. The van der Waals surface area contributed by atoms with E-state index in [1.807, 2.05) is 18.2 Å². The second-order valence-electron chi connectivity index (χ2n) is 3.84. The van der Waals surface area contributed by atoms with Gasteiger partial charge in [0.1, 0.15) is 6.26 Å². The summed E-state index contributed by atoms with van der Waals surface area (Å²) in [6.45, 7) is 2.33. The molecule has 4 nitrogen and oxygen atoms in total. The smallest absolute Gasteiger partial charge is 0.252 e. The fourth-order valence-corrected chi connectivity index (χ4v) is 2.03. The standard InChI is InChI=1S/C13H13BrN2O2/c1-9-16-10(8-18-9)6-7-15-13(17)11-4-2-3-5-12(11)14/h2-5,8H,6-7H2,1H3,(H,15,17). The van der Waals surface area contributed by atoms with Crippen molar-refractivity contribution in [3.05, 3.63) is 52.1 Å². The Hall–Kier alpha value is -1.62. The van der Waals surface area contributed by atoms with Gasteiger partial charge in [-0.25, -0.2) is 4.98 Å². The Morgan fingerprint density at radius 1 is 1.44 bits per heavy atom. The van der Waals surface area contributed by atoms with Gasteiger partial charge >= 0.3 is 0 Å². The summed E-state index contributed by atoms with van der Waals surface area (Å²) in [4.78, 5) is 16.0. The Morgan fingerprint density at radius 3 is 2.89 bits per heavy atom. The zero-order valence-electron chi connectivity index (χ0n) is 9.94. The zero-order chi connectivity index (χ0) is 13.0. The normalized spacial score (nSPS) is 10.3. The van der Waals surface area contributed by atoms with E-state index in [-0.39, 0.29) is 5.91 Å². The number of aryl methyl sites for hydroxylation is 1. The number of halogens is 1. The third-order valence-corrected chi connectivity index (χ3v) is 3.14. The number of nitrogens with one attached hydrogen (secondary N) is 1. The highest BCUT2D eigenvalue weighted by atomic mass is 79.9. The van der Waals surface area contributed by atoms with Crippen LogP contribution in [-0.2, 0) is 6.42 Å². The molecule has 0 radical (unpaired) electrons. The molecular weight excluding hydrogens is 296 g/mol. The first-order valence-corrected chi connectivity index (χ1v) is 6.40. The molecule has 1 N–H and O–H groups in total. The SMILES string of the molecule is Cc1nc(CCNC(=O)c2ccccc2Br)co1. The van der Waals surface area contributed by atoms with Crippen molar-refractivity contribution in [2.24, 2.45) is 0 Å². The van der Waals surface area contributed by atoms with Crippen LogP contribution in [0.3, 0.4) is 0 Å². The van der Waals surface area contributed by atoms with E-state index < -0.39 is 0 Å². The number of nitrogens with zero attached hydrogens (tertiary/aromatic N) is 1. The molecule has 2 rings (SSSR count). The van der Waals surface area contributed by atoms with Crippen LogP contribution in [0.25, 0.3) is 0 Å². The number of hydrogen-bond acceptors (Lipinski definition) is 3. The number of aromatic nitrogens is 1. The van der Waals surface area contributed by atoms with Crippen LogP contribution in [-0.4, -0.2) is 17.4 Å². The Labute approximate surface area is 114 Å². The second kappa shape index (κ2) is 5.82. The Kier molecular flexibility index (Phi) is 4.15. The average molecular weight is 309 g/mol. The second-order valence-corrected chi connectivity index (χ2v) is 4.70. The van der Waals surface area contributed by atoms with Crippen molar-refractivity contribution in [1.82, 2.24) is 10.3 Å². The largest absolute Gasteiger partial charge is 0.449 e. The van der Waals surface area contributed by atoms with Crippen LogP contribution < -0.4 is 5.32 Å². The van der Waals surface area contributed by atoms with E-state index in [2.05, 4.69) is 26.2 Å². The molecule has 0 aliphatic carbocycles. The lowest BCUT2D eigenvalue weighted by molar-refractivity contribution is 0.0953. The van der Waals surface area contributed by atoms with E-state index in [1.165, 1.54) is 0 Å². The molecule has 2 aromatic rings. The van der Waals surface area contributed by atoms with E-state index >= 15 is 0 Å². The van der Waals surface area contributed by atoms with Gasteiger partial charge in [0, 0.05) is 24.4 Å². The number of benzene rings is 1. The first kappa shape index (κ1) is 12.8. The highest BCUT2D eigenvalue weighted by Gasteiger charge is 2.08. The van der Waals surface area contributed by atoms with E-state index in [4.69, 9.17) is 4.42 Å². The maximum absolute atomic E-state index is 11.9.